The summed E-state index contributed by atoms with van der Waals surface area (Å²) in [6.07, 6.45) is 3.72. The number of fused-ring (bicyclic) bond motifs is 1. The van der Waals surface area contributed by atoms with Crippen molar-refractivity contribution < 1.29 is 19.2 Å². The molecule has 0 saturated carbocycles. The number of carbonyl (C=O) groups excluding carboxylic acids is 4. The van der Waals surface area contributed by atoms with Gasteiger partial charge in [0.1, 0.15) is 18.6 Å². The second-order valence-corrected chi connectivity index (χ2v) is 10.6. The summed E-state index contributed by atoms with van der Waals surface area (Å²) >= 11 is 1.50. The van der Waals surface area contributed by atoms with Crippen LogP contribution in [0, 0.1) is 0 Å². The number of hydrogen-bond acceptors (Lipinski definition) is 5. The highest BCUT2D eigenvalue weighted by Crippen LogP contribution is 2.45. The van der Waals surface area contributed by atoms with E-state index < -0.39 is 17.3 Å². The lowest BCUT2D eigenvalue weighted by Crippen LogP contribution is -2.55. The first-order chi connectivity index (χ1) is 17.5. The van der Waals surface area contributed by atoms with E-state index in [2.05, 4.69) is 10.6 Å². The fourth-order valence-electron chi connectivity index (χ4n) is 5.05. The molecule has 0 aliphatic carbocycles. The molecule has 4 amide bonds. The Morgan fingerprint density at radius 2 is 1.69 bits per heavy atom. The smallest absolute Gasteiger partial charge is 0.251 e. The number of rotatable bonds is 5. The summed E-state index contributed by atoms with van der Waals surface area (Å²) in [6, 6.07) is 15.6. The number of carbonyl (C=O) groups is 4. The van der Waals surface area contributed by atoms with Gasteiger partial charge >= 0.3 is 0 Å². The van der Waals surface area contributed by atoms with Gasteiger partial charge in [-0.3, -0.25) is 19.2 Å². The van der Waals surface area contributed by atoms with E-state index in [4.69, 9.17) is 0 Å². The molecular formula is C27H30N4O4S. The van der Waals surface area contributed by atoms with Gasteiger partial charge in [-0.05, 0) is 43.4 Å². The molecule has 2 aromatic carbocycles. The molecule has 0 unspecified atom stereocenters. The average Bonchev–Trinajstić information content (AvgIpc) is 3.32. The van der Waals surface area contributed by atoms with Crippen molar-refractivity contribution in [2.75, 3.05) is 24.5 Å². The van der Waals surface area contributed by atoms with Crippen molar-refractivity contribution in [2.45, 2.75) is 54.3 Å². The third-order valence-corrected chi connectivity index (χ3v) is 8.38. The minimum atomic E-state index is -0.913. The highest BCUT2D eigenvalue weighted by Gasteiger charge is 2.42. The summed E-state index contributed by atoms with van der Waals surface area (Å²) in [5, 5.41) is 5.23. The largest absolute Gasteiger partial charge is 0.344 e. The first kappa shape index (κ1) is 24.4. The van der Waals surface area contributed by atoms with Crippen LogP contribution < -0.4 is 15.5 Å². The fraction of sp³-hybridized carbons (Fsp3) is 0.407. The Hall–Kier alpha value is -3.33. The van der Waals surface area contributed by atoms with Gasteiger partial charge in [0.25, 0.3) is 5.91 Å². The van der Waals surface area contributed by atoms with Crippen LogP contribution in [0.4, 0.5) is 5.69 Å². The number of piperidine rings is 1. The Morgan fingerprint density at radius 1 is 0.972 bits per heavy atom. The summed E-state index contributed by atoms with van der Waals surface area (Å²) in [5.74, 6) is -0.968. The standard InChI is InChI=1S/C27H30N4O4S/c32-22-14-13-19(28-22)26(34)29-24-25(18-9-3-1-4-10-18)36-21-12-6-5-11-20(21)31(27(24)35)17-23(33)30-15-7-2-8-16-30/h1,3-6,9-12,19,24-25H,2,7-8,13-17H2,(H,28,32)(H,29,34)/t19-,24-,25-/m0/s1. The van der Waals surface area contributed by atoms with Gasteiger partial charge in [-0.1, -0.05) is 42.5 Å². The summed E-state index contributed by atoms with van der Waals surface area (Å²) in [4.78, 5) is 56.5. The predicted molar refractivity (Wildman–Crippen MR) is 137 cm³/mol. The summed E-state index contributed by atoms with van der Waals surface area (Å²) in [6.45, 7) is 1.32. The first-order valence-electron chi connectivity index (χ1n) is 12.5. The first-order valence-corrected chi connectivity index (χ1v) is 13.4. The van der Waals surface area contributed by atoms with Crippen LogP contribution in [0.2, 0.25) is 0 Å². The molecule has 0 bridgehead atoms. The highest BCUT2D eigenvalue weighted by molar-refractivity contribution is 7.99. The number of hydrogen-bond donors (Lipinski definition) is 2. The van der Waals surface area contributed by atoms with Gasteiger partial charge in [0.05, 0.1) is 10.9 Å². The van der Waals surface area contributed by atoms with Crippen LogP contribution >= 0.6 is 11.8 Å². The molecule has 0 spiro atoms. The van der Waals surface area contributed by atoms with Crippen LogP contribution in [0.5, 0.6) is 0 Å². The maximum atomic E-state index is 14.2. The van der Waals surface area contributed by atoms with Crippen LogP contribution in [0.15, 0.2) is 59.5 Å². The van der Waals surface area contributed by atoms with Crippen molar-refractivity contribution in [1.29, 1.82) is 0 Å². The van der Waals surface area contributed by atoms with Gasteiger partial charge < -0.3 is 20.4 Å². The van der Waals surface area contributed by atoms with Crippen LogP contribution in [0.25, 0.3) is 0 Å². The van der Waals surface area contributed by atoms with Gasteiger partial charge in [0, 0.05) is 24.4 Å². The third kappa shape index (κ3) is 5.11. The number of likely N-dealkylation sites (tertiary alicyclic amines) is 1. The van der Waals surface area contributed by atoms with Crippen molar-refractivity contribution in [3.05, 3.63) is 60.2 Å². The van der Waals surface area contributed by atoms with E-state index in [1.54, 1.807) is 0 Å². The van der Waals surface area contributed by atoms with E-state index >= 15 is 0 Å². The molecule has 5 rings (SSSR count). The zero-order valence-corrected chi connectivity index (χ0v) is 20.8. The second-order valence-electron chi connectivity index (χ2n) is 9.43. The highest BCUT2D eigenvalue weighted by atomic mass is 32.2. The van der Waals surface area contributed by atoms with Crippen molar-refractivity contribution >= 4 is 41.1 Å². The second kappa shape index (κ2) is 10.7. The third-order valence-electron chi connectivity index (χ3n) is 6.98. The van der Waals surface area contributed by atoms with Gasteiger partial charge in [0.15, 0.2) is 0 Å². The monoisotopic (exact) mass is 506 g/mol. The Labute approximate surface area is 214 Å². The molecule has 3 aliphatic rings. The molecule has 36 heavy (non-hydrogen) atoms. The fourth-order valence-corrected chi connectivity index (χ4v) is 6.39. The van der Waals surface area contributed by atoms with Gasteiger partial charge in [-0.25, -0.2) is 0 Å². The molecule has 9 heteroatoms. The average molecular weight is 507 g/mol. The number of thioether (sulfide) groups is 1. The minimum absolute atomic E-state index is 0.0789. The Kier molecular flexibility index (Phi) is 7.27. The van der Waals surface area contributed by atoms with Gasteiger partial charge in [0.2, 0.25) is 17.7 Å². The number of nitrogens with zero attached hydrogens (tertiary/aromatic N) is 2. The van der Waals surface area contributed by atoms with Crippen LogP contribution in [-0.4, -0.2) is 60.2 Å². The van der Waals surface area contributed by atoms with Crippen molar-refractivity contribution in [2.24, 2.45) is 0 Å². The number of para-hydroxylation sites is 1. The number of anilines is 1. The van der Waals surface area contributed by atoms with Crippen LogP contribution in [-0.2, 0) is 19.2 Å². The predicted octanol–water partition coefficient (Wildman–Crippen LogP) is 2.64. The lowest BCUT2D eigenvalue weighted by atomic mass is 10.0. The van der Waals surface area contributed by atoms with E-state index in [1.165, 1.54) is 16.7 Å². The maximum absolute atomic E-state index is 14.2. The molecule has 2 N–H and O–H groups in total. The van der Waals surface area contributed by atoms with E-state index in [0.29, 0.717) is 25.2 Å². The molecule has 2 aromatic rings. The molecule has 2 fully saturated rings. The molecule has 0 aromatic heterocycles. The molecule has 2 saturated heterocycles. The van der Waals surface area contributed by atoms with Gasteiger partial charge in [-0.15, -0.1) is 11.8 Å². The Morgan fingerprint density at radius 3 is 2.42 bits per heavy atom. The molecule has 188 valence electrons. The number of nitrogens with one attached hydrogen (secondary N) is 2. The van der Waals surface area contributed by atoms with Crippen molar-refractivity contribution in [3.8, 4) is 0 Å². The quantitative estimate of drug-likeness (QED) is 0.650. The summed E-state index contributed by atoms with van der Waals surface area (Å²) in [7, 11) is 0. The molecule has 3 atom stereocenters. The lowest BCUT2D eigenvalue weighted by molar-refractivity contribution is -0.133. The van der Waals surface area contributed by atoms with E-state index in [1.807, 2.05) is 59.5 Å². The lowest BCUT2D eigenvalue weighted by Gasteiger charge is -2.32. The van der Waals surface area contributed by atoms with Crippen molar-refractivity contribution in [3.63, 3.8) is 0 Å². The normalized spacial score (nSPS) is 24.1. The molecular weight excluding hydrogens is 476 g/mol. The van der Waals surface area contributed by atoms with E-state index in [9.17, 15) is 19.2 Å². The Bertz CT molecular complexity index is 1150. The minimum Gasteiger partial charge on any atom is -0.344 e. The molecule has 3 aliphatic heterocycles. The number of amides is 4. The molecule has 8 nitrogen and oxygen atoms in total. The summed E-state index contributed by atoms with van der Waals surface area (Å²) in [5.41, 5.74) is 1.57. The topological polar surface area (TPSA) is 98.8 Å². The SMILES string of the molecule is O=C1CC[C@@H](C(=O)N[C@@H]2C(=O)N(CC(=O)N3CCCCC3)c3ccccc3S[C@H]2c2ccccc2)N1. The van der Waals surface area contributed by atoms with Crippen LogP contribution in [0.1, 0.15) is 42.9 Å². The summed E-state index contributed by atoms with van der Waals surface area (Å²) < 4.78 is 0. The molecule has 3 heterocycles. The van der Waals surface area contributed by atoms with Crippen molar-refractivity contribution in [1.82, 2.24) is 15.5 Å². The number of benzene rings is 2. The van der Waals surface area contributed by atoms with Crippen LogP contribution in [0.3, 0.4) is 0 Å². The Balaban J connectivity index is 1.49. The van der Waals surface area contributed by atoms with Gasteiger partial charge in [-0.2, -0.15) is 0 Å². The zero-order valence-electron chi connectivity index (χ0n) is 20.0. The van der Waals surface area contributed by atoms with E-state index in [-0.39, 0.29) is 36.6 Å². The molecule has 0 radical (unpaired) electrons. The maximum Gasteiger partial charge on any atom is 0.251 e. The zero-order chi connectivity index (χ0) is 25.1. The van der Waals surface area contributed by atoms with E-state index in [0.717, 1.165) is 29.7 Å².